The van der Waals surface area contributed by atoms with E-state index in [1.54, 1.807) is 13.4 Å². The van der Waals surface area contributed by atoms with E-state index in [1.165, 1.54) is 6.33 Å². The average molecular weight is 298 g/mol. The van der Waals surface area contributed by atoms with Crippen molar-refractivity contribution in [3.63, 3.8) is 0 Å². The third kappa shape index (κ3) is 2.31. The van der Waals surface area contributed by atoms with Gasteiger partial charge in [-0.15, -0.1) is 0 Å². The number of aromatic nitrogens is 4. The second-order valence-corrected chi connectivity index (χ2v) is 5.32. The molecular weight excluding hydrogens is 280 g/mol. The van der Waals surface area contributed by atoms with E-state index in [-0.39, 0.29) is 12.6 Å². The fourth-order valence-electron chi connectivity index (χ4n) is 2.49. The van der Waals surface area contributed by atoms with Gasteiger partial charge in [-0.2, -0.15) is 0 Å². The summed E-state index contributed by atoms with van der Waals surface area (Å²) in [4.78, 5) is 13.2. The van der Waals surface area contributed by atoms with Gasteiger partial charge in [-0.25, -0.2) is 15.0 Å². The Bertz CT molecular complexity index is 811. The van der Waals surface area contributed by atoms with Crippen molar-refractivity contribution in [2.75, 3.05) is 7.11 Å². The second kappa shape index (κ2) is 5.73. The molecule has 0 bridgehead atoms. The van der Waals surface area contributed by atoms with E-state index in [4.69, 9.17) is 4.74 Å². The Morgan fingerprint density at radius 2 is 2.05 bits per heavy atom. The minimum atomic E-state index is -0.0943. The van der Waals surface area contributed by atoms with Gasteiger partial charge in [0, 0.05) is 11.6 Å². The molecule has 22 heavy (non-hydrogen) atoms. The van der Waals surface area contributed by atoms with Gasteiger partial charge in [-0.05, 0) is 37.6 Å². The lowest BCUT2D eigenvalue weighted by molar-refractivity contribution is 0.281. The first kappa shape index (κ1) is 14.5. The molecule has 3 rings (SSSR count). The molecule has 0 spiro atoms. The molecule has 1 aromatic carbocycles. The predicted octanol–water partition coefficient (Wildman–Crippen LogP) is 2.58. The summed E-state index contributed by atoms with van der Waals surface area (Å²) in [5.74, 6) is 0.700. The smallest absolute Gasteiger partial charge is 0.164 e. The predicted molar refractivity (Wildman–Crippen MR) is 83.6 cm³/mol. The summed E-state index contributed by atoms with van der Waals surface area (Å²) in [6, 6.07) is 5.81. The number of fused-ring (bicyclic) bond motifs is 1. The molecule has 0 radical (unpaired) electrons. The molecule has 2 aromatic heterocycles. The van der Waals surface area contributed by atoms with Crippen LogP contribution in [0, 0.1) is 0 Å². The van der Waals surface area contributed by atoms with Gasteiger partial charge in [-0.1, -0.05) is 0 Å². The number of aliphatic hydroxyl groups is 1. The van der Waals surface area contributed by atoms with Gasteiger partial charge >= 0.3 is 0 Å². The molecule has 3 aromatic rings. The van der Waals surface area contributed by atoms with Gasteiger partial charge in [0.05, 0.1) is 20.0 Å². The molecule has 6 nitrogen and oxygen atoms in total. The van der Waals surface area contributed by atoms with E-state index in [9.17, 15) is 5.11 Å². The van der Waals surface area contributed by atoms with Gasteiger partial charge in [0.1, 0.15) is 23.3 Å². The third-order valence-electron chi connectivity index (χ3n) is 3.65. The van der Waals surface area contributed by atoms with Crippen molar-refractivity contribution in [1.82, 2.24) is 19.5 Å². The highest BCUT2D eigenvalue weighted by atomic mass is 16.5. The number of nitrogens with zero attached hydrogens (tertiary/aromatic N) is 4. The molecule has 6 heteroatoms. The summed E-state index contributed by atoms with van der Waals surface area (Å²) in [5, 5.41) is 9.64. The van der Waals surface area contributed by atoms with Crippen molar-refractivity contribution in [3.8, 4) is 17.0 Å². The van der Waals surface area contributed by atoms with E-state index in [0.29, 0.717) is 5.75 Å². The van der Waals surface area contributed by atoms with Crippen LogP contribution in [0.15, 0.2) is 30.9 Å². The Labute approximate surface area is 128 Å². The van der Waals surface area contributed by atoms with Gasteiger partial charge in [0.25, 0.3) is 0 Å². The molecule has 0 aliphatic carbocycles. The number of ether oxygens (including phenoxy) is 1. The lowest BCUT2D eigenvalue weighted by atomic mass is 10.0. The second-order valence-electron chi connectivity index (χ2n) is 5.32. The molecule has 0 aliphatic heterocycles. The maximum Gasteiger partial charge on any atom is 0.164 e. The summed E-state index contributed by atoms with van der Waals surface area (Å²) in [6.07, 6.45) is 3.30. The van der Waals surface area contributed by atoms with Gasteiger partial charge in [-0.3, -0.25) is 0 Å². The van der Waals surface area contributed by atoms with Crippen LogP contribution in [0.25, 0.3) is 22.4 Å². The number of imidazole rings is 1. The Morgan fingerprint density at radius 1 is 1.23 bits per heavy atom. The van der Waals surface area contributed by atoms with E-state index in [2.05, 4.69) is 28.8 Å². The first-order valence-corrected chi connectivity index (χ1v) is 7.11. The van der Waals surface area contributed by atoms with Gasteiger partial charge in [0.15, 0.2) is 5.65 Å². The van der Waals surface area contributed by atoms with E-state index in [0.717, 1.165) is 28.0 Å². The van der Waals surface area contributed by atoms with Crippen LogP contribution < -0.4 is 4.74 Å². The van der Waals surface area contributed by atoms with Crippen molar-refractivity contribution < 1.29 is 9.84 Å². The highest BCUT2D eigenvalue weighted by molar-refractivity contribution is 5.88. The Kier molecular flexibility index (Phi) is 3.77. The fourth-order valence-corrected chi connectivity index (χ4v) is 2.49. The summed E-state index contributed by atoms with van der Waals surface area (Å²) in [5.41, 5.74) is 3.83. The standard InChI is InChI=1S/C16H18N4O2/c1-10(2)20-9-19-15-14(17-8-18-16(15)20)13-5-4-12(22-3)6-11(13)7-21/h4-6,8-10,21H,7H2,1-3H3. The SMILES string of the molecule is COc1ccc(-c2ncnc3c2ncn3C(C)C)c(CO)c1. The molecule has 1 N–H and O–H groups in total. The lowest BCUT2D eigenvalue weighted by Crippen LogP contribution is -2.01. The zero-order valence-electron chi connectivity index (χ0n) is 12.8. The summed E-state index contributed by atoms with van der Waals surface area (Å²) >= 11 is 0. The third-order valence-corrected chi connectivity index (χ3v) is 3.65. The van der Waals surface area contributed by atoms with E-state index >= 15 is 0 Å². The first-order valence-electron chi connectivity index (χ1n) is 7.11. The van der Waals surface area contributed by atoms with Crippen LogP contribution in [-0.2, 0) is 6.61 Å². The van der Waals surface area contributed by atoms with Crippen LogP contribution >= 0.6 is 0 Å². The van der Waals surface area contributed by atoms with Crippen molar-refractivity contribution in [2.45, 2.75) is 26.5 Å². The summed E-state index contributed by atoms with van der Waals surface area (Å²) < 4.78 is 7.21. The normalized spacial score (nSPS) is 11.3. The molecule has 0 saturated carbocycles. The number of aliphatic hydroxyl groups excluding tert-OH is 1. The first-order chi connectivity index (χ1) is 10.7. The van der Waals surface area contributed by atoms with Gasteiger partial charge < -0.3 is 14.4 Å². The Hall–Kier alpha value is -2.47. The topological polar surface area (TPSA) is 73.1 Å². The Balaban J connectivity index is 2.22. The molecule has 0 fully saturated rings. The maximum absolute atomic E-state index is 9.64. The minimum Gasteiger partial charge on any atom is -0.497 e. The highest BCUT2D eigenvalue weighted by Crippen LogP contribution is 2.30. The molecule has 0 saturated heterocycles. The quantitative estimate of drug-likeness (QED) is 0.801. The number of hydrogen-bond acceptors (Lipinski definition) is 5. The van der Waals surface area contributed by atoms with Crippen LogP contribution in [0.1, 0.15) is 25.5 Å². The zero-order chi connectivity index (χ0) is 15.7. The van der Waals surface area contributed by atoms with E-state index in [1.807, 2.05) is 22.8 Å². The molecular formula is C16H18N4O2. The molecule has 0 unspecified atom stereocenters. The number of rotatable bonds is 4. The minimum absolute atomic E-state index is 0.0943. The largest absolute Gasteiger partial charge is 0.497 e. The Morgan fingerprint density at radius 3 is 2.73 bits per heavy atom. The average Bonchev–Trinajstić information content (AvgIpc) is 2.98. The van der Waals surface area contributed by atoms with Crippen LogP contribution in [0.4, 0.5) is 0 Å². The van der Waals surface area contributed by atoms with Crippen molar-refractivity contribution in [3.05, 3.63) is 36.4 Å². The molecule has 114 valence electrons. The molecule has 0 amide bonds. The van der Waals surface area contributed by atoms with Crippen molar-refractivity contribution in [2.24, 2.45) is 0 Å². The van der Waals surface area contributed by atoms with Gasteiger partial charge in [0.2, 0.25) is 0 Å². The zero-order valence-corrected chi connectivity index (χ0v) is 12.8. The molecule has 0 aliphatic rings. The lowest BCUT2D eigenvalue weighted by Gasteiger charge is -2.10. The monoisotopic (exact) mass is 298 g/mol. The van der Waals surface area contributed by atoms with Crippen LogP contribution in [0.2, 0.25) is 0 Å². The molecule has 0 atom stereocenters. The van der Waals surface area contributed by atoms with Crippen molar-refractivity contribution in [1.29, 1.82) is 0 Å². The van der Waals surface area contributed by atoms with Crippen LogP contribution in [0.5, 0.6) is 5.75 Å². The summed E-state index contributed by atoms with van der Waals surface area (Å²) in [6.45, 7) is 4.06. The van der Waals surface area contributed by atoms with Crippen molar-refractivity contribution >= 4 is 11.2 Å². The maximum atomic E-state index is 9.64. The fraction of sp³-hybridized carbons (Fsp3) is 0.312. The number of benzene rings is 1. The number of methoxy groups -OCH3 is 1. The highest BCUT2D eigenvalue weighted by Gasteiger charge is 2.16. The van der Waals surface area contributed by atoms with Crippen LogP contribution in [-0.4, -0.2) is 31.7 Å². The number of hydrogen-bond donors (Lipinski definition) is 1. The van der Waals surface area contributed by atoms with Crippen LogP contribution in [0.3, 0.4) is 0 Å². The van der Waals surface area contributed by atoms with E-state index < -0.39 is 0 Å². The summed E-state index contributed by atoms with van der Waals surface area (Å²) in [7, 11) is 1.60. The molecule has 2 heterocycles.